The molecule has 0 aliphatic heterocycles. The summed E-state index contributed by atoms with van der Waals surface area (Å²) in [6.45, 7) is 0. The van der Waals surface area contributed by atoms with Gasteiger partial charge in [0.15, 0.2) is 4.84 Å². The Morgan fingerprint density at radius 2 is 1.74 bits per heavy atom. The van der Waals surface area contributed by atoms with Crippen LogP contribution in [-0.4, -0.2) is 10.7 Å². The van der Waals surface area contributed by atoms with Crippen LogP contribution in [0.2, 0.25) is 0 Å². The van der Waals surface area contributed by atoms with Gasteiger partial charge in [0, 0.05) is 5.69 Å². The average Bonchev–Trinajstić information content (AvgIpc) is 2.39. The lowest BCUT2D eigenvalue weighted by molar-refractivity contribution is -0.114. The zero-order valence-corrected chi connectivity index (χ0v) is 11.3. The molecule has 0 heterocycles. The summed E-state index contributed by atoms with van der Waals surface area (Å²) >= 11 is 10.9. The van der Waals surface area contributed by atoms with E-state index in [1.54, 1.807) is 30.3 Å². The molecule has 0 aliphatic carbocycles. The number of nitrogens with one attached hydrogen (secondary N) is 1. The second-order valence-corrected chi connectivity index (χ2v) is 4.97. The Kier molecular flexibility index (Phi) is 4.40. The molecular formula is C14H10Cl2FNO. The first-order chi connectivity index (χ1) is 9.06. The highest BCUT2D eigenvalue weighted by Gasteiger charge is 2.11. The number of hydrogen-bond donors (Lipinski definition) is 1. The van der Waals surface area contributed by atoms with Gasteiger partial charge in [0.2, 0.25) is 0 Å². The minimum absolute atomic E-state index is 0.291. The average molecular weight is 298 g/mol. The van der Waals surface area contributed by atoms with Gasteiger partial charge in [-0.1, -0.05) is 47.5 Å². The molecule has 0 aliphatic rings. The molecule has 1 N–H and O–H groups in total. The van der Waals surface area contributed by atoms with Crippen LogP contribution in [0.4, 0.5) is 10.1 Å². The van der Waals surface area contributed by atoms with Gasteiger partial charge in [-0.15, -0.1) is 0 Å². The Morgan fingerprint density at radius 1 is 1.05 bits per heavy atom. The van der Waals surface area contributed by atoms with Gasteiger partial charge in [0.1, 0.15) is 5.82 Å². The summed E-state index contributed by atoms with van der Waals surface area (Å²) in [6.07, 6.45) is 0. The van der Waals surface area contributed by atoms with Gasteiger partial charge in [-0.05, 0) is 35.4 Å². The number of carbonyl (C=O) groups excluding carboxylic acids is 1. The summed E-state index contributed by atoms with van der Waals surface area (Å²) in [6, 6.07) is 13.2. The Bertz CT molecular complexity index is 584. The zero-order valence-electron chi connectivity index (χ0n) is 9.74. The Hall–Kier alpha value is -1.58. The van der Waals surface area contributed by atoms with Crippen molar-refractivity contribution in [2.45, 2.75) is 4.84 Å². The third-order valence-corrected chi connectivity index (χ3v) is 2.90. The van der Waals surface area contributed by atoms with E-state index < -0.39 is 10.7 Å². The van der Waals surface area contributed by atoms with E-state index in [1.807, 2.05) is 6.07 Å². The van der Waals surface area contributed by atoms with Crippen LogP contribution in [0.25, 0.3) is 11.1 Å². The van der Waals surface area contributed by atoms with Gasteiger partial charge in [-0.25, -0.2) is 4.39 Å². The number of rotatable bonds is 3. The molecule has 2 aromatic rings. The van der Waals surface area contributed by atoms with Crippen molar-refractivity contribution < 1.29 is 9.18 Å². The van der Waals surface area contributed by atoms with Crippen molar-refractivity contribution in [3.8, 4) is 11.1 Å². The van der Waals surface area contributed by atoms with Crippen LogP contribution >= 0.6 is 23.2 Å². The lowest BCUT2D eigenvalue weighted by atomic mass is 10.1. The van der Waals surface area contributed by atoms with Crippen molar-refractivity contribution in [1.82, 2.24) is 0 Å². The minimum Gasteiger partial charge on any atom is -0.324 e. The van der Waals surface area contributed by atoms with Crippen LogP contribution < -0.4 is 5.32 Å². The second kappa shape index (κ2) is 6.04. The first-order valence-corrected chi connectivity index (χ1v) is 6.38. The molecule has 0 saturated heterocycles. The summed E-state index contributed by atoms with van der Waals surface area (Å²) in [5.74, 6) is -0.778. The van der Waals surface area contributed by atoms with E-state index in [2.05, 4.69) is 5.32 Å². The topological polar surface area (TPSA) is 29.1 Å². The van der Waals surface area contributed by atoms with E-state index in [0.717, 1.165) is 11.1 Å². The van der Waals surface area contributed by atoms with Gasteiger partial charge in [-0.2, -0.15) is 0 Å². The van der Waals surface area contributed by atoms with Crippen LogP contribution in [0.5, 0.6) is 0 Å². The number of benzene rings is 2. The van der Waals surface area contributed by atoms with Gasteiger partial charge >= 0.3 is 0 Å². The van der Waals surface area contributed by atoms with Crippen LogP contribution in [0, 0.1) is 5.82 Å². The number of anilines is 1. The second-order valence-electron chi connectivity index (χ2n) is 3.88. The maximum absolute atomic E-state index is 12.9. The summed E-state index contributed by atoms with van der Waals surface area (Å²) in [5, 5.41) is 2.59. The highest BCUT2D eigenvalue weighted by Crippen LogP contribution is 2.23. The quantitative estimate of drug-likeness (QED) is 0.844. The van der Waals surface area contributed by atoms with Crippen molar-refractivity contribution in [2.24, 2.45) is 0 Å². The van der Waals surface area contributed by atoms with E-state index in [0.29, 0.717) is 5.69 Å². The molecule has 0 atom stereocenters. The molecule has 1 amide bonds. The molecule has 0 bridgehead atoms. The van der Waals surface area contributed by atoms with Gasteiger partial charge in [0.05, 0.1) is 0 Å². The van der Waals surface area contributed by atoms with E-state index in [4.69, 9.17) is 23.2 Å². The molecule has 5 heteroatoms. The standard InChI is InChI=1S/C14H10Cl2FNO/c15-13(16)14(19)18-12-3-1-2-10(8-12)9-4-6-11(17)7-5-9/h1-8,13H,(H,18,19). The Labute approximate surface area is 120 Å². The normalized spacial score (nSPS) is 10.5. The summed E-state index contributed by atoms with van der Waals surface area (Å²) in [4.78, 5) is 10.3. The molecule has 0 unspecified atom stereocenters. The molecule has 2 aromatic carbocycles. The molecule has 0 radical (unpaired) electrons. The van der Waals surface area contributed by atoms with Crippen molar-refractivity contribution in [3.63, 3.8) is 0 Å². The fraction of sp³-hybridized carbons (Fsp3) is 0.0714. The molecule has 19 heavy (non-hydrogen) atoms. The lowest BCUT2D eigenvalue weighted by Gasteiger charge is -2.08. The lowest BCUT2D eigenvalue weighted by Crippen LogP contribution is -2.18. The summed E-state index contributed by atoms with van der Waals surface area (Å²) in [7, 11) is 0. The number of halogens is 3. The van der Waals surface area contributed by atoms with Gasteiger partial charge in [0.25, 0.3) is 5.91 Å². The minimum atomic E-state index is -1.12. The molecule has 0 spiro atoms. The number of alkyl halides is 2. The van der Waals surface area contributed by atoms with Crippen molar-refractivity contribution >= 4 is 34.8 Å². The molecule has 0 saturated carbocycles. The SMILES string of the molecule is O=C(Nc1cccc(-c2ccc(F)cc2)c1)C(Cl)Cl. The van der Waals surface area contributed by atoms with Gasteiger partial charge < -0.3 is 5.32 Å². The maximum atomic E-state index is 12.9. The fourth-order valence-corrected chi connectivity index (χ4v) is 1.72. The predicted molar refractivity (Wildman–Crippen MR) is 76.0 cm³/mol. The van der Waals surface area contributed by atoms with Crippen molar-refractivity contribution in [2.75, 3.05) is 5.32 Å². The molecule has 0 aromatic heterocycles. The van der Waals surface area contributed by atoms with Gasteiger partial charge in [-0.3, -0.25) is 4.79 Å². The van der Waals surface area contributed by atoms with Crippen molar-refractivity contribution in [3.05, 3.63) is 54.3 Å². The van der Waals surface area contributed by atoms with E-state index >= 15 is 0 Å². The molecule has 2 rings (SSSR count). The monoisotopic (exact) mass is 297 g/mol. The molecule has 98 valence electrons. The predicted octanol–water partition coefficient (Wildman–Crippen LogP) is 4.23. The van der Waals surface area contributed by atoms with Crippen LogP contribution in [0.3, 0.4) is 0 Å². The first kappa shape index (κ1) is 13.8. The zero-order chi connectivity index (χ0) is 13.8. The Morgan fingerprint density at radius 3 is 2.37 bits per heavy atom. The third-order valence-electron chi connectivity index (χ3n) is 2.51. The number of carbonyl (C=O) groups is 1. The smallest absolute Gasteiger partial charge is 0.257 e. The number of hydrogen-bond acceptors (Lipinski definition) is 1. The first-order valence-electron chi connectivity index (χ1n) is 5.51. The maximum Gasteiger partial charge on any atom is 0.257 e. The van der Waals surface area contributed by atoms with Crippen LogP contribution in [-0.2, 0) is 4.79 Å². The highest BCUT2D eigenvalue weighted by molar-refractivity contribution is 6.54. The van der Waals surface area contributed by atoms with E-state index in [9.17, 15) is 9.18 Å². The fourth-order valence-electron chi connectivity index (χ4n) is 1.62. The molecular weight excluding hydrogens is 288 g/mol. The number of amides is 1. The third kappa shape index (κ3) is 3.69. The Balaban J connectivity index is 2.24. The van der Waals surface area contributed by atoms with Crippen molar-refractivity contribution in [1.29, 1.82) is 0 Å². The van der Waals surface area contributed by atoms with E-state index in [-0.39, 0.29) is 5.82 Å². The molecule has 2 nitrogen and oxygen atoms in total. The summed E-state index contributed by atoms with van der Waals surface area (Å²) < 4.78 is 12.9. The van der Waals surface area contributed by atoms with Crippen LogP contribution in [0.1, 0.15) is 0 Å². The van der Waals surface area contributed by atoms with E-state index in [1.165, 1.54) is 12.1 Å². The molecule has 0 fully saturated rings. The highest BCUT2D eigenvalue weighted by atomic mass is 35.5. The van der Waals surface area contributed by atoms with Crippen LogP contribution in [0.15, 0.2) is 48.5 Å². The summed E-state index contributed by atoms with van der Waals surface area (Å²) in [5.41, 5.74) is 2.29. The largest absolute Gasteiger partial charge is 0.324 e.